The maximum atomic E-state index is 10.9. The highest BCUT2D eigenvalue weighted by Gasteiger charge is 2.40. The van der Waals surface area contributed by atoms with Gasteiger partial charge in [-0.3, -0.25) is 4.90 Å². The highest BCUT2D eigenvalue weighted by atomic mass is 16.5. The molecule has 162 valence electrons. The van der Waals surface area contributed by atoms with Crippen LogP contribution in [0, 0.1) is 17.3 Å². The number of rotatable bonds is 5. The molecule has 3 aliphatic heterocycles. The normalized spacial score (nSPS) is 28.4. The Morgan fingerprint density at radius 2 is 1.90 bits per heavy atom. The first-order valence-electron chi connectivity index (χ1n) is 11.2. The number of aliphatic hydroxyl groups excluding tert-OH is 1. The number of methoxy groups -OCH3 is 1. The average molecular weight is 403 g/mol. The van der Waals surface area contributed by atoms with Gasteiger partial charge in [-0.1, -0.05) is 20.8 Å². The summed E-state index contributed by atoms with van der Waals surface area (Å²) in [7, 11) is 3.87. The quantitative estimate of drug-likeness (QED) is 0.818. The summed E-state index contributed by atoms with van der Waals surface area (Å²) < 4.78 is 11.9. The Kier molecular flexibility index (Phi) is 5.84. The number of nitrogens with zero attached hydrogens (tertiary/aromatic N) is 2. The molecule has 1 aromatic carbocycles. The zero-order chi connectivity index (χ0) is 20.8. The third-order valence-electron chi connectivity index (χ3n) is 6.86. The first-order chi connectivity index (χ1) is 13.7. The topological polar surface area (TPSA) is 45.2 Å². The summed E-state index contributed by atoms with van der Waals surface area (Å²) >= 11 is 0. The largest absolute Gasteiger partial charge is 0.493 e. The smallest absolute Gasteiger partial charge is 0.161 e. The molecule has 3 heterocycles. The lowest BCUT2D eigenvalue weighted by molar-refractivity contribution is -0.0259. The van der Waals surface area contributed by atoms with E-state index >= 15 is 0 Å². The van der Waals surface area contributed by atoms with Crippen LogP contribution in [0.1, 0.15) is 50.8 Å². The minimum atomic E-state index is -0.237. The molecule has 0 spiro atoms. The van der Waals surface area contributed by atoms with Gasteiger partial charge in [0.05, 0.1) is 19.8 Å². The molecule has 4 rings (SSSR count). The Labute approximate surface area is 176 Å². The predicted molar refractivity (Wildman–Crippen MR) is 116 cm³/mol. The van der Waals surface area contributed by atoms with E-state index < -0.39 is 0 Å². The van der Waals surface area contributed by atoms with Crippen LogP contribution in [0.3, 0.4) is 0 Å². The lowest BCUT2D eigenvalue weighted by atomic mass is 9.75. The second kappa shape index (κ2) is 8.09. The molecule has 1 N–H and O–H groups in total. The molecule has 5 nitrogen and oxygen atoms in total. The summed E-state index contributed by atoms with van der Waals surface area (Å²) in [6.07, 6.45) is 2.68. The van der Waals surface area contributed by atoms with Crippen LogP contribution >= 0.6 is 0 Å². The van der Waals surface area contributed by atoms with E-state index in [2.05, 4.69) is 49.8 Å². The molecular formula is C24H38N2O3. The molecule has 0 aromatic heterocycles. The van der Waals surface area contributed by atoms with Crippen molar-refractivity contribution in [3.63, 3.8) is 0 Å². The summed E-state index contributed by atoms with van der Waals surface area (Å²) in [6, 6.07) is 4.65. The van der Waals surface area contributed by atoms with Gasteiger partial charge in [0, 0.05) is 38.1 Å². The predicted octanol–water partition coefficient (Wildman–Crippen LogP) is 3.35. The maximum Gasteiger partial charge on any atom is 0.161 e. The van der Waals surface area contributed by atoms with Crippen molar-refractivity contribution < 1.29 is 14.6 Å². The SMILES string of the molecule is COc1cc2c(cc1OCC1CN(C)C1)CCN1C[C@@H](CC(C)(C)C)[C@H](O)C[C@H]21. The Morgan fingerprint density at radius 3 is 2.55 bits per heavy atom. The molecule has 0 radical (unpaired) electrons. The maximum absolute atomic E-state index is 10.9. The first-order valence-corrected chi connectivity index (χ1v) is 11.2. The van der Waals surface area contributed by atoms with Gasteiger partial charge in [-0.05, 0) is 60.9 Å². The van der Waals surface area contributed by atoms with Gasteiger partial charge in [-0.25, -0.2) is 0 Å². The Hall–Kier alpha value is -1.30. The van der Waals surface area contributed by atoms with Crippen LogP contribution in [-0.2, 0) is 6.42 Å². The molecule has 2 fully saturated rings. The molecule has 29 heavy (non-hydrogen) atoms. The van der Waals surface area contributed by atoms with E-state index in [9.17, 15) is 5.11 Å². The minimum absolute atomic E-state index is 0.237. The zero-order valence-electron chi connectivity index (χ0n) is 18.8. The second-order valence-corrected chi connectivity index (χ2v) is 10.7. The van der Waals surface area contributed by atoms with Gasteiger partial charge in [0.1, 0.15) is 0 Å². The highest BCUT2D eigenvalue weighted by molar-refractivity contribution is 5.49. The van der Waals surface area contributed by atoms with E-state index in [1.54, 1.807) is 7.11 Å². The monoisotopic (exact) mass is 402 g/mol. The van der Waals surface area contributed by atoms with Gasteiger partial charge in [-0.2, -0.15) is 0 Å². The van der Waals surface area contributed by atoms with Crippen molar-refractivity contribution >= 4 is 0 Å². The Balaban J connectivity index is 1.49. The van der Waals surface area contributed by atoms with Gasteiger partial charge in [0.15, 0.2) is 11.5 Å². The van der Waals surface area contributed by atoms with E-state index in [1.807, 2.05) is 0 Å². The van der Waals surface area contributed by atoms with E-state index in [0.717, 1.165) is 63.5 Å². The van der Waals surface area contributed by atoms with Crippen molar-refractivity contribution in [3.8, 4) is 11.5 Å². The molecular weight excluding hydrogens is 364 g/mol. The van der Waals surface area contributed by atoms with Gasteiger partial charge in [0.25, 0.3) is 0 Å². The van der Waals surface area contributed by atoms with Crippen molar-refractivity contribution in [1.29, 1.82) is 0 Å². The molecule has 0 saturated carbocycles. The molecule has 5 heteroatoms. The van der Waals surface area contributed by atoms with Crippen molar-refractivity contribution in [2.24, 2.45) is 17.3 Å². The molecule has 2 saturated heterocycles. The summed E-state index contributed by atoms with van der Waals surface area (Å²) in [5.74, 6) is 2.67. The highest BCUT2D eigenvalue weighted by Crippen LogP contribution is 2.44. The van der Waals surface area contributed by atoms with E-state index in [-0.39, 0.29) is 17.6 Å². The summed E-state index contributed by atoms with van der Waals surface area (Å²) in [6.45, 7) is 11.8. The van der Waals surface area contributed by atoms with Crippen LogP contribution in [0.25, 0.3) is 0 Å². The fraction of sp³-hybridized carbons (Fsp3) is 0.750. The second-order valence-electron chi connectivity index (χ2n) is 10.7. The lowest BCUT2D eigenvalue weighted by Crippen LogP contribution is -2.48. The first kappa shape index (κ1) is 21.0. The number of ether oxygens (including phenoxy) is 2. The summed E-state index contributed by atoms with van der Waals surface area (Å²) in [5, 5.41) is 10.9. The van der Waals surface area contributed by atoms with Crippen molar-refractivity contribution in [1.82, 2.24) is 9.80 Å². The number of aliphatic hydroxyl groups is 1. The lowest BCUT2D eigenvalue weighted by Gasteiger charge is -2.47. The van der Waals surface area contributed by atoms with Crippen LogP contribution in [0.5, 0.6) is 11.5 Å². The van der Waals surface area contributed by atoms with Crippen LogP contribution in [-0.4, -0.2) is 68.0 Å². The molecule has 0 unspecified atom stereocenters. The van der Waals surface area contributed by atoms with Gasteiger partial charge in [0.2, 0.25) is 0 Å². The van der Waals surface area contributed by atoms with Crippen molar-refractivity contribution in [2.45, 2.75) is 52.2 Å². The van der Waals surface area contributed by atoms with E-state index in [4.69, 9.17) is 9.47 Å². The third kappa shape index (κ3) is 4.57. The van der Waals surface area contributed by atoms with Crippen LogP contribution in [0.4, 0.5) is 0 Å². The molecule has 3 atom stereocenters. The number of benzene rings is 1. The average Bonchev–Trinajstić information content (AvgIpc) is 2.63. The van der Waals surface area contributed by atoms with Crippen LogP contribution < -0.4 is 9.47 Å². The van der Waals surface area contributed by atoms with Crippen LogP contribution in [0.2, 0.25) is 0 Å². The number of piperidine rings is 1. The number of fused-ring (bicyclic) bond motifs is 3. The van der Waals surface area contributed by atoms with Crippen LogP contribution in [0.15, 0.2) is 12.1 Å². The molecule has 1 aromatic rings. The number of hydrogen-bond acceptors (Lipinski definition) is 5. The fourth-order valence-electron chi connectivity index (χ4n) is 5.50. The molecule has 0 bridgehead atoms. The Morgan fingerprint density at radius 1 is 1.14 bits per heavy atom. The molecule has 0 aliphatic carbocycles. The standard InChI is InChI=1S/C24H38N2O3/c1-24(2,3)11-18-14-26-7-6-17-8-23(29-15-16-12-25(4)13-16)22(28-5)9-19(17)20(26)10-21(18)27/h8-9,16,18,20-21,27H,6-7,10-15H2,1-5H3/t18-,20-,21-/m1/s1. The molecule has 3 aliphatic rings. The van der Waals surface area contributed by atoms with Crippen molar-refractivity contribution in [3.05, 3.63) is 23.3 Å². The minimum Gasteiger partial charge on any atom is -0.493 e. The fourth-order valence-corrected chi connectivity index (χ4v) is 5.50. The summed E-state index contributed by atoms with van der Waals surface area (Å²) in [5.41, 5.74) is 2.92. The van der Waals surface area contributed by atoms with Gasteiger partial charge >= 0.3 is 0 Å². The van der Waals surface area contributed by atoms with Crippen molar-refractivity contribution in [2.75, 3.05) is 46.9 Å². The Bertz CT molecular complexity index is 724. The summed E-state index contributed by atoms with van der Waals surface area (Å²) in [4.78, 5) is 4.89. The number of likely N-dealkylation sites (tertiary alicyclic amines) is 1. The van der Waals surface area contributed by atoms with E-state index in [0.29, 0.717) is 11.8 Å². The molecule has 0 amide bonds. The van der Waals surface area contributed by atoms with Gasteiger partial charge in [-0.15, -0.1) is 0 Å². The van der Waals surface area contributed by atoms with E-state index in [1.165, 1.54) is 11.1 Å². The third-order valence-corrected chi connectivity index (χ3v) is 6.86. The zero-order valence-corrected chi connectivity index (χ0v) is 18.8. The van der Waals surface area contributed by atoms with Gasteiger partial charge < -0.3 is 19.5 Å². The number of hydrogen-bond donors (Lipinski definition) is 1.